The number of aromatic amines is 1. The molecule has 1 atom stereocenters. The molecular weight excluding hydrogens is 322 g/mol. The Hall–Kier alpha value is -2.54. The third kappa shape index (κ3) is 2.84. The molecule has 0 radical (unpaired) electrons. The van der Waals surface area contributed by atoms with Crippen LogP contribution in [-0.2, 0) is 4.74 Å². The number of rotatable bonds is 2. The van der Waals surface area contributed by atoms with E-state index in [1.807, 2.05) is 18.7 Å². The van der Waals surface area contributed by atoms with Gasteiger partial charge in [0.2, 0.25) is 0 Å². The number of morpholine rings is 1. The molecule has 1 aromatic heterocycles. The summed E-state index contributed by atoms with van der Waals surface area (Å²) in [7, 11) is 0. The average Bonchev–Trinajstić information content (AvgIpc) is 2.99. The predicted molar refractivity (Wildman–Crippen MR) is 90.1 cm³/mol. The van der Waals surface area contributed by atoms with Crippen LogP contribution in [-0.4, -0.2) is 54.0 Å². The van der Waals surface area contributed by atoms with Crippen LogP contribution in [0.25, 0.3) is 0 Å². The first-order chi connectivity index (χ1) is 12.1. The molecule has 0 saturated carbocycles. The monoisotopic (exact) mass is 343 g/mol. The minimum atomic E-state index is -0.145. The van der Waals surface area contributed by atoms with Gasteiger partial charge in [0.05, 0.1) is 24.9 Å². The van der Waals surface area contributed by atoms with E-state index < -0.39 is 0 Å². The van der Waals surface area contributed by atoms with Crippen LogP contribution in [0.15, 0.2) is 18.2 Å². The molecule has 1 amide bonds. The topological polar surface area (TPSA) is 76.7 Å². The predicted octanol–water partition coefficient (Wildman–Crippen LogP) is 2.01. The Kier molecular flexibility index (Phi) is 4.09. The van der Waals surface area contributed by atoms with Crippen LogP contribution in [0.2, 0.25) is 0 Å². The Morgan fingerprint density at radius 2 is 2.00 bits per heavy atom. The molecule has 0 bridgehead atoms. The van der Waals surface area contributed by atoms with Crippen molar-refractivity contribution in [1.29, 1.82) is 0 Å². The first kappa shape index (κ1) is 16.0. The molecule has 2 aliphatic rings. The van der Waals surface area contributed by atoms with E-state index in [4.69, 9.17) is 14.2 Å². The summed E-state index contributed by atoms with van der Waals surface area (Å²) >= 11 is 0. The maximum Gasteiger partial charge on any atom is 0.254 e. The molecule has 4 rings (SSSR count). The summed E-state index contributed by atoms with van der Waals surface area (Å²) < 4.78 is 16.8. The molecule has 1 aromatic carbocycles. The highest BCUT2D eigenvalue weighted by atomic mass is 16.6. The van der Waals surface area contributed by atoms with Gasteiger partial charge in [-0.25, -0.2) is 0 Å². The number of amides is 1. The Balaban J connectivity index is 1.65. The second-order valence-electron chi connectivity index (χ2n) is 6.30. The van der Waals surface area contributed by atoms with Gasteiger partial charge < -0.3 is 19.1 Å². The second-order valence-corrected chi connectivity index (χ2v) is 6.30. The molecule has 132 valence electrons. The summed E-state index contributed by atoms with van der Waals surface area (Å²) in [6.45, 7) is 6.49. The lowest BCUT2D eigenvalue weighted by molar-refractivity contribution is -0.00304. The first-order valence-electron chi connectivity index (χ1n) is 8.45. The molecule has 1 unspecified atom stereocenters. The zero-order chi connectivity index (χ0) is 17.4. The van der Waals surface area contributed by atoms with Gasteiger partial charge in [-0.2, -0.15) is 5.10 Å². The lowest BCUT2D eigenvalue weighted by Gasteiger charge is -2.36. The van der Waals surface area contributed by atoms with Gasteiger partial charge >= 0.3 is 0 Å². The summed E-state index contributed by atoms with van der Waals surface area (Å²) in [5, 5.41) is 7.25. The van der Waals surface area contributed by atoms with E-state index in [1.165, 1.54) is 0 Å². The van der Waals surface area contributed by atoms with Gasteiger partial charge in [-0.3, -0.25) is 9.89 Å². The third-order valence-electron chi connectivity index (χ3n) is 4.70. The third-order valence-corrected chi connectivity index (χ3v) is 4.70. The Morgan fingerprint density at radius 1 is 1.20 bits per heavy atom. The maximum atomic E-state index is 13.2. The van der Waals surface area contributed by atoms with Crippen LogP contribution in [0, 0.1) is 13.8 Å². The van der Waals surface area contributed by atoms with Crippen LogP contribution in [0.4, 0.5) is 0 Å². The molecule has 7 heteroatoms. The van der Waals surface area contributed by atoms with Gasteiger partial charge in [0.1, 0.15) is 13.2 Å². The molecule has 2 aromatic rings. The fraction of sp³-hybridized carbons (Fsp3) is 0.444. The Labute approximate surface area is 145 Å². The van der Waals surface area contributed by atoms with Crippen LogP contribution in [0.3, 0.4) is 0 Å². The van der Waals surface area contributed by atoms with Gasteiger partial charge in [0.15, 0.2) is 11.5 Å². The van der Waals surface area contributed by atoms with Crippen molar-refractivity contribution in [3.05, 3.63) is 40.7 Å². The number of hydrogen-bond acceptors (Lipinski definition) is 5. The molecule has 2 aliphatic heterocycles. The Bertz CT molecular complexity index is 782. The number of carbonyl (C=O) groups is 1. The number of hydrogen-bond donors (Lipinski definition) is 1. The largest absolute Gasteiger partial charge is 0.486 e. The first-order valence-corrected chi connectivity index (χ1v) is 8.45. The van der Waals surface area contributed by atoms with E-state index in [-0.39, 0.29) is 11.9 Å². The summed E-state index contributed by atoms with van der Waals surface area (Å²) in [6.07, 6.45) is 0. The smallest absolute Gasteiger partial charge is 0.254 e. The molecule has 1 saturated heterocycles. The number of ether oxygens (including phenoxy) is 3. The van der Waals surface area contributed by atoms with Crippen LogP contribution < -0.4 is 9.47 Å². The molecule has 1 N–H and O–H groups in total. The number of fused-ring (bicyclic) bond motifs is 1. The van der Waals surface area contributed by atoms with E-state index in [2.05, 4.69) is 10.2 Å². The van der Waals surface area contributed by atoms with Crippen LogP contribution in [0.1, 0.15) is 33.4 Å². The summed E-state index contributed by atoms with van der Waals surface area (Å²) in [5.41, 5.74) is 3.49. The zero-order valence-corrected chi connectivity index (χ0v) is 14.4. The molecule has 7 nitrogen and oxygen atoms in total. The summed E-state index contributed by atoms with van der Waals surface area (Å²) in [5.74, 6) is 1.27. The molecule has 25 heavy (non-hydrogen) atoms. The number of aryl methyl sites for hydroxylation is 2. The van der Waals surface area contributed by atoms with Crippen molar-refractivity contribution in [3.63, 3.8) is 0 Å². The second kappa shape index (κ2) is 6.40. The minimum Gasteiger partial charge on any atom is -0.486 e. The summed E-state index contributed by atoms with van der Waals surface area (Å²) in [4.78, 5) is 15.0. The molecule has 3 heterocycles. The van der Waals surface area contributed by atoms with Gasteiger partial charge in [0.25, 0.3) is 5.91 Å². The highest BCUT2D eigenvalue weighted by molar-refractivity contribution is 5.95. The maximum absolute atomic E-state index is 13.2. The number of benzene rings is 1. The quantitative estimate of drug-likeness (QED) is 0.903. The van der Waals surface area contributed by atoms with Crippen LogP contribution in [0.5, 0.6) is 11.5 Å². The minimum absolute atomic E-state index is 0.0368. The fourth-order valence-corrected chi connectivity index (χ4v) is 3.48. The molecule has 0 aliphatic carbocycles. The number of nitrogens with zero attached hydrogens (tertiary/aromatic N) is 2. The van der Waals surface area contributed by atoms with Gasteiger partial charge in [0, 0.05) is 23.4 Å². The van der Waals surface area contributed by atoms with Crippen molar-refractivity contribution in [1.82, 2.24) is 15.1 Å². The number of nitrogens with one attached hydrogen (secondary N) is 1. The average molecular weight is 343 g/mol. The molecule has 1 fully saturated rings. The van der Waals surface area contributed by atoms with Crippen LogP contribution >= 0.6 is 0 Å². The van der Waals surface area contributed by atoms with E-state index in [9.17, 15) is 4.79 Å². The van der Waals surface area contributed by atoms with Crippen molar-refractivity contribution in [2.45, 2.75) is 19.9 Å². The molecular formula is C18H21N3O4. The van der Waals surface area contributed by atoms with Gasteiger partial charge in [-0.1, -0.05) is 0 Å². The van der Waals surface area contributed by atoms with Crippen molar-refractivity contribution in [2.24, 2.45) is 0 Å². The zero-order valence-electron chi connectivity index (χ0n) is 14.4. The van der Waals surface area contributed by atoms with Gasteiger partial charge in [-0.05, 0) is 32.0 Å². The van der Waals surface area contributed by atoms with E-state index in [1.54, 1.807) is 18.2 Å². The van der Waals surface area contributed by atoms with E-state index >= 15 is 0 Å². The number of H-pyrrole nitrogens is 1. The number of carbonyl (C=O) groups excluding carboxylic acids is 1. The fourth-order valence-electron chi connectivity index (χ4n) is 3.48. The lowest BCUT2D eigenvalue weighted by atomic mass is 10.0. The number of aromatic nitrogens is 2. The Morgan fingerprint density at radius 3 is 2.76 bits per heavy atom. The van der Waals surface area contributed by atoms with Crippen molar-refractivity contribution >= 4 is 5.91 Å². The van der Waals surface area contributed by atoms with Crippen molar-refractivity contribution in [3.8, 4) is 11.5 Å². The van der Waals surface area contributed by atoms with Crippen molar-refractivity contribution < 1.29 is 19.0 Å². The van der Waals surface area contributed by atoms with E-state index in [0.717, 1.165) is 17.0 Å². The summed E-state index contributed by atoms with van der Waals surface area (Å²) in [6, 6.07) is 5.20. The lowest BCUT2D eigenvalue weighted by Crippen LogP contribution is -2.43. The highest BCUT2D eigenvalue weighted by Gasteiger charge is 2.32. The highest BCUT2D eigenvalue weighted by Crippen LogP contribution is 2.33. The van der Waals surface area contributed by atoms with Crippen molar-refractivity contribution in [2.75, 3.05) is 33.0 Å². The standard InChI is InChI=1S/C18H21N3O4/c1-11-17(12(2)20-19-11)14-10-23-6-5-21(14)18(22)13-3-4-15-16(9-13)25-8-7-24-15/h3-4,9,14H,5-8,10H2,1-2H3,(H,19,20). The SMILES string of the molecule is Cc1n[nH]c(C)c1C1COCCN1C(=O)c1ccc2c(c1)OCCO2. The van der Waals surface area contributed by atoms with E-state index in [0.29, 0.717) is 50.0 Å². The molecule has 0 spiro atoms. The van der Waals surface area contributed by atoms with Gasteiger partial charge in [-0.15, -0.1) is 0 Å². The normalized spacial score (nSPS) is 19.8.